The predicted molar refractivity (Wildman–Crippen MR) is 65.0 cm³/mol. The minimum Gasteiger partial charge on any atom is -0.248 e. The van der Waals surface area contributed by atoms with Crippen molar-refractivity contribution in [1.82, 2.24) is 0 Å². The van der Waals surface area contributed by atoms with Crippen LogP contribution in [0.1, 0.15) is 30.1 Å². The molecule has 2 rings (SSSR count). The molecule has 112 valence electrons. The first-order valence-electron chi connectivity index (χ1n) is 5.83. The molecule has 1 aromatic rings. The fourth-order valence-corrected chi connectivity index (χ4v) is 1.10. The lowest BCUT2D eigenvalue weighted by Gasteiger charge is -2.05. The highest BCUT2D eigenvalue weighted by atomic mass is 17.2. The van der Waals surface area contributed by atoms with Crippen LogP contribution >= 0.6 is 0 Å². The first-order chi connectivity index (χ1) is 9.99. The Hall–Kier alpha value is -2.90. The van der Waals surface area contributed by atoms with E-state index in [2.05, 4.69) is 19.6 Å². The summed E-state index contributed by atoms with van der Waals surface area (Å²) in [5, 5.41) is 0. The molecule has 1 aliphatic heterocycles. The van der Waals surface area contributed by atoms with Gasteiger partial charge < -0.3 is 0 Å². The van der Waals surface area contributed by atoms with Crippen LogP contribution in [0.2, 0.25) is 0 Å². The van der Waals surface area contributed by atoms with Crippen molar-refractivity contribution >= 4 is 23.9 Å². The quantitative estimate of drug-likeness (QED) is 0.560. The molecule has 0 bridgehead atoms. The monoisotopic (exact) mass is 296 g/mol. The number of hydrogen-bond donors (Lipinski definition) is 0. The zero-order chi connectivity index (χ0) is 15.7. The normalized spacial score (nSPS) is 13.0. The van der Waals surface area contributed by atoms with Gasteiger partial charge in [0.2, 0.25) is 0 Å². The third-order valence-electron chi connectivity index (χ3n) is 2.01. The average molecular weight is 296 g/mol. The van der Waals surface area contributed by atoms with E-state index >= 15 is 0 Å². The summed E-state index contributed by atoms with van der Waals surface area (Å²) >= 11 is 0. The van der Waals surface area contributed by atoms with Crippen molar-refractivity contribution in [2.75, 3.05) is 0 Å². The summed E-state index contributed by atoms with van der Waals surface area (Å²) in [4.78, 5) is 57.6. The Labute approximate surface area is 119 Å². The van der Waals surface area contributed by atoms with Gasteiger partial charge in [0.05, 0.1) is 18.4 Å². The molecule has 0 unspecified atom stereocenters. The molecule has 0 aliphatic carbocycles. The molecule has 1 aliphatic rings. The fourth-order valence-electron chi connectivity index (χ4n) is 1.10. The molecule has 1 saturated heterocycles. The highest BCUT2D eigenvalue weighted by Crippen LogP contribution is 2.03. The zero-order valence-corrected chi connectivity index (χ0v) is 11.1. The molecule has 21 heavy (non-hydrogen) atoms. The Morgan fingerprint density at radius 3 is 1.90 bits per heavy atom. The van der Waals surface area contributed by atoms with Crippen LogP contribution in [-0.4, -0.2) is 23.9 Å². The van der Waals surface area contributed by atoms with Gasteiger partial charge in [0, 0.05) is 6.92 Å². The summed E-state index contributed by atoms with van der Waals surface area (Å²) in [7, 11) is 0. The van der Waals surface area contributed by atoms with Gasteiger partial charge in [-0.05, 0) is 12.1 Å². The number of rotatable bonds is 1. The maximum Gasteiger partial charge on any atom is 0.386 e. The van der Waals surface area contributed by atoms with Crippen molar-refractivity contribution in [3.05, 3.63) is 35.9 Å². The van der Waals surface area contributed by atoms with Gasteiger partial charge >= 0.3 is 23.9 Å². The van der Waals surface area contributed by atoms with Gasteiger partial charge in [-0.15, -0.1) is 0 Å². The average Bonchev–Trinajstić information content (AvgIpc) is 2.49. The lowest BCUT2D eigenvalue weighted by molar-refractivity contribution is -0.267. The fraction of sp³-hybridized carbons (Fsp3) is 0.231. The summed E-state index contributed by atoms with van der Waals surface area (Å²) in [6.07, 6.45) is 0.275. The molecule has 1 heterocycles. The van der Waals surface area contributed by atoms with E-state index in [0.29, 0.717) is 5.56 Å². The largest absolute Gasteiger partial charge is 0.386 e. The lowest BCUT2D eigenvalue weighted by atomic mass is 10.2. The van der Waals surface area contributed by atoms with Gasteiger partial charge in [-0.25, -0.2) is 38.7 Å². The molecule has 0 N–H and O–H groups in total. The van der Waals surface area contributed by atoms with Crippen LogP contribution in [0.3, 0.4) is 0 Å². The molecule has 0 saturated carbocycles. The number of carbonyl (C=O) groups is 4. The van der Waals surface area contributed by atoms with E-state index in [-0.39, 0.29) is 12.8 Å². The summed E-state index contributed by atoms with van der Waals surface area (Å²) in [5.41, 5.74) is 0.337. The number of benzene rings is 1. The molecule has 0 atom stereocenters. The van der Waals surface area contributed by atoms with E-state index in [1.54, 1.807) is 30.3 Å². The van der Waals surface area contributed by atoms with Crippen LogP contribution in [-0.2, 0) is 33.9 Å². The highest BCUT2D eigenvalue weighted by molar-refractivity contribution is 5.89. The third kappa shape index (κ3) is 6.71. The Morgan fingerprint density at radius 1 is 0.952 bits per heavy atom. The van der Waals surface area contributed by atoms with Gasteiger partial charge in [-0.1, -0.05) is 18.2 Å². The van der Waals surface area contributed by atoms with Crippen LogP contribution in [0.15, 0.2) is 30.3 Å². The van der Waals surface area contributed by atoms with E-state index < -0.39 is 23.9 Å². The number of hydrogen-bond acceptors (Lipinski definition) is 8. The van der Waals surface area contributed by atoms with Crippen LogP contribution in [0.4, 0.5) is 0 Å². The first-order valence-corrected chi connectivity index (χ1v) is 5.83. The zero-order valence-electron chi connectivity index (χ0n) is 11.1. The van der Waals surface area contributed by atoms with Crippen molar-refractivity contribution in [1.29, 1.82) is 0 Å². The Kier molecular flexibility index (Phi) is 6.39. The lowest BCUT2D eigenvalue weighted by Crippen LogP contribution is -2.18. The van der Waals surface area contributed by atoms with Crippen LogP contribution in [0, 0.1) is 0 Å². The second-order valence-corrected chi connectivity index (χ2v) is 3.72. The van der Waals surface area contributed by atoms with E-state index in [9.17, 15) is 19.2 Å². The van der Waals surface area contributed by atoms with Gasteiger partial charge in [-0.2, -0.15) is 0 Å². The molecule has 1 fully saturated rings. The van der Waals surface area contributed by atoms with E-state index in [0.717, 1.165) is 6.92 Å². The van der Waals surface area contributed by atoms with Gasteiger partial charge in [0.15, 0.2) is 0 Å². The third-order valence-corrected chi connectivity index (χ3v) is 2.01. The molecule has 0 amide bonds. The van der Waals surface area contributed by atoms with Crippen molar-refractivity contribution < 1.29 is 38.7 Å². The Balaban J connectivity index is 0.000000235. The molecule has 8 nitrogen and oxygen atoms in total. The Morgan fingerprint density at radius 2 is 1.48 bits per heavy atom. The molecule has 0 aromatic heterocycles. The van der Waals surface area contributed by atoms with Crippen molar-refractivity contribution in [3.63, 3.8) is 0 Å². The maximum absolute atomic E-state index is 11.0. The van der Waals surface area contributed by atoms with Gasteiger partial charge in [0.1, 0.15) is 0 Å². The standard InChI is InChI=1S/C9H8O4.C4H4O4/c1-7(10)12-13-9(11)8-5-3-2-4-6-8;5-3-1-2-4(6)8-7-3/h2-6H,1H3;1-2H2. The van der Waals surface area contributed by atoms with Gasteiger partial charge in [-0.3, -0.25) is 0 Å². The van der Waals surface area contributed by atoms with Crippen molar-refractivity contribution in [2.24, 2.45) is 0 Å². The van der Waals surface area contributed by atoms with Crippen LogP contribution < -0.4 is 0 Å². The molecular weight excluding hydrogens is 284 g/mol. The summed E-state index contributed by atoms with van der Waals surface area (Å²) < 4.78 is 0. The first kappa shape index (κ1) is 16.2. The smallest absolute Gasteiger partial charge is 0.248 e. The minimum atomic E-state index is -0.684. The Bertz CT molecular complexity index is 494. The van der Waals surface area contributed by atoms with E-state index in [1.807, 2.05) is 0 Å². The minimum absolute atomic E-state index is 0.138. The van der Waals surface area contributed by atoms with Crippen molar-refractivity contribution in [2.45, 2.75) is 19.8 Å². The predicted octanol–water partition coefficient (Wildman–Crippen LogP) is 1.10. The molecule has 8 heteroatoms. The second-order valence-electron chi connectivity index (χ2n) is 3.72. The van der Waals surface area contributed by atoms with Crippen molar-refractivity contribution in [3.8, 4) is 0 Å². The van der Waals surface area contributed by atoms with E-state index in [1.165, 1.54) is 0 Å². The summed E-state index contributed by atoms with van der Waals surface area (Å²) in [5.74, 6) is -2.31. The topological polar surface area (TPSA) is 105 Å². The molecule has 0 spiro atoms. The second kappa shape index (κ2) is 8.31. The molecular formula is C13H12O8. The summed E-state index contributed by atoms with van der Waals surface area (Å²) in [6, 6.07) is 8.26. The number of carbonyl (C=O) groups excluding carboxylic acids is 4. The summed E-state index contributed by atoms with van der Waals surface area (Å²) in [6.45, 7) is 1.15. The SMILES string of the molecule is CC(=O)OOC(=O)c1ccccc1.O=C1CCC(=O)OO1. The van der Waals surface area contributed by atoms with Crippen LogP contribution in [0.5, 0.6) is 0 Å². The molecule has 0 radical (unpaired) electrons. The maximum atomic E-state index is 11.0. The van der Waals surface area contributed by atoms with E-state index in [4.69, 9.17) is 0 Å². The van der Waals surface area contributed by atoms with Gasteiger partial charge in [0.25, 0.3) is 0 Å². The molecule has 1 aromatic carbocycles. The van der Waals surface area contributed by atoms with Crippen LogP contribution in [0.25, 0.3) is 0 Å². The highest BCUT2D eigenvalue weighted by Gasteiger charge is 2.17.